The third kappa shape index (κ3) is 1.85. The van der Waals surface area contributed by atoms with Crippen LogP contribution in [0.3, 0.4) is 0 Å². The quantitative estimate of drug-likeness (QED) is 0.483. The van der Waals surface area contributed by atoms with Gasteiger partial charge in [0.2, 0.25) is 0 Å². The fourth-order valence-corrected chi connectivity index (χ4v) is 0.354. The van der Waals surface area contributed by atoms with Crippen LogP contribution in [0.2, 0.25) is 0 Å². The molecule has 0 rings (SSSR count). The molecule has 0 aliphatic carbocycles. The lowest BCUT2D eigenvalue weighted by Crippen LogP contribution is -2.15. The van der Waals surface area contributed by atoms with E-state index in [4.69, 9.17) is 0 Å². The minimum atomic E-state index is 0.458. The predicted molar refractivity (Wildman–Crippen MR) is 38.7 cm³/mol. The van der Waals surface area contributed by atoms with Crippen LogP contribution in [0.25, 0.3) is 0 Å². The van der Waals surface area contributed by atoms with Crippen LogP contribution in [-0.2, 0) is 0 Å². The van der Waals surface area contributed by atoms with E-state index in [-0.39, 0.29) is 0 Å². The molecule has 0 heteroatoms. The lowest BCUT2D eigenvalue weighted by atomic mass is 9.79. The van der Waals surface area contributed by atoms with Gasteiger partial charge < -0.3 is 5.92 Å². The van der Waals surface area contributed by atoms with Gasteiger partial charge in [-0.05, 0) is 0 Å². The summed E-state index contributed by atoms with van der Waals surface area (Å²) in [5.41, 5.74) is 0.458. The highest BCUT2D eigenvalue weighted by atomic mass is 14.2. The molecule has 0 aliphatic rings. The molecule has 0 aliphatic heterocycles. The molecule has 0 amide bonds. The standard InChI is InChI=1S/C8H17/c1-6-8(4,5)7(2)3/h6H2,1-5H3/q-1. The zero-order valence-corrected chi connectivity index (χ0v) is 6.71. The third-order valence-electron chi connectivity index (χ3n) is 2.24. The SMILES string of the molecule is CCC(C)(C)[C-](C)C. The van der Waals surface area contributed by atoms with E-state index in [9.17, 15) is 0 Å². The van der Waals surface area contributed by atoms with Crippen LogP contribution in [0.15, 0.2) is 0 Å². The maximum atomic E-state index is 2.28. The minimum absolute atomic E-state index is 0.458. The Balaban J connectivity index is 3.71. The van der Waals surface area contributed by atoms with E-state index in [2.05, 4.69) is 34.6 Å². The Morgan fingerprint density at radius 1 is 1.25 bits per heavy atom. The molecule has 0 aromatic carbocycles. The Morgan fingerprint density at radius 3 is 1.62 bits per heavy atom. The topological polar surface area (TPSA) is 0 Å². The smallest absolute Gasteiger partial charge is 0.0673 e. The van der Waals surface area contributed by atoms with E-state index in [1.165, 1.54) is 12.3 Å². The van der Waals surface area contributed by atoms with Crippen molar-refractivity contribution in [2.45, 2.75) is 41.0 Å². The van der Waals surface area contributed by atoms with Gasteiger partial charge in [0.15, 0.2) is 0 Å². The lowest BCUT2D eigenvalue weighted by Gasteiger charge is -2.40. The summed E-state index contributed by atoms with van der Waals surface area (Å²) in [7, 11) is 0. The maximum absolute atomic E-state index is 2.28. The normalized spacial score (nSPS) is 12.8. The summed E-state index contributed by atoms with van der Waals surface area (Å²) in [5, 5.41) is 0. The molecule has 0 saturated heterocycles. The fraction of sp³-hybridized carbons (Fsp3) is 0.875. The fourth-order valence-electron chi connectivity index (χ4n) is 0.354. The summed E-state index contributed by atoms with van der Waals surface area (Å²) >= 11 is 0. The monoisotopic (exact) mass is 113 g/mol. The van der Waals surface area contributed by atoms with Crippen molar-refractivity contribution in [2.75, 3.05) is 0 Å². The van der Waals surface area contributed by atoms with Gasteiger partial charge in [-0.2, -0.15) is 19.3 Å². The number of hydrogen-bond acceptors (Lipinski definition) is 0. The Kier molecular flexibility index (Phi) is 2.52. The number of hydrogen-bond donors (Lipinski definition) is 0. The second-order valence-corrected chi connectivity index (χ2v) is 3.24. The Hall–Kier alpha value is 0. The first-order valence-corrected chi connectivity index (χ1v) is 3.31. The first kappa shape index (κ1) is 8.00. The molecule has 0 radical (unpaired) electrons. The Morgan fingerprint density at radius 2 is 1.62 bits per heavy atom. The molecular weight excluding hydrogens is 96.1 g/mol. The molecule has 0 aromatic rings. The maximum Gasteiger partial charge on any atom is -0.0673 e. The van der Waals surface area contributed by atoms with E-state index >= 15 is 0 Å². The van der Waals surface area contributed by atoms with Crippen molar-refractivity contribution in [1.29, 1.82) is 0 Å². The third-order valence-corrected chi connectivity index (χ3v) is 2.24. The first-order chi connectivity index (χ1) is 3.50. The lowest BCUT2D eigenvalue weighted by molar-refractivity contribution is 0.375. The van der Waals surface area contributed by atoms with Gasteiger partial charge in [0.05, 0.1) is 0 Å². The molecule has 0 unspecified atom stereocenters. The van der Waals surface area contributed by atoms with Crippen molar-refractivity contribution in [3.63, 3.8) is 0 Å². The highest BCUT2D eigenvalue weighted by Crippen LogP contribution is 2.30. The largest absolute Gasteiger partial charge is 0.314 e. The van der Waals surface area contributed by atoms with Gasteiger partial charge in [-0.3, -0.25) is 0 Å². The summed E-state index contributed by atoms with van der Waals surface area (Å²) < 4.78 is 0. The average Bonchev–Trinajstić information content (AvgIpc) is 1.67. The van der Waals surface area contributed by atoms with Gasteiger partial charge in [0.1, 0.15) is 0 Å². The molecule has 0 bridgehead atoms. The van der Waals surface area contributed by atoms with Gasteiger partial charge in [0, 0.05) is 0 Å². The molecule has 0 nitrogen and oxygen atoms in total. The van der Waals surface area contributed by atoms with E-state index < -0.39 is 0 Å². The summed E-state index contributed by atoms with van der Waals surface area (Å²) in [4.78, 5) is 0. The van der Waals surface area contributed by atoms with Crippen molar-refractivity contribution >= 4 is 0 Å². The molecule has 0 spiro atoms. The summed E-state index contributed by atoms with van der Waals surface area (Å²) in [6.45, 7) is 11.2. The van der Waals surface area contributed by atoms with Gasteiger partial charge in [-0.1, -0.05) is 27.2 Å². The van der Waals surface area contributed by atoms with E-state index in [1.807, 2.05) is 0 Å². The van der Waals surface area contributed by atoms with Gasteiger partial charge in [-0.25, -0.2) is 0 Å². The van der Waals surface area contributed by atoms with Crippen LogP contribution in [0, 0.1) is 11.3 Å². The van der Waals surface area contributed by atoms with Crippen molar-refractivity contribution in [3.8, 4) is 0 Å². The molecule has 0 atom stereocenters. The van der Waals surface area contributed by atoms with Crippen molar-refractivity contribution in [3.05, 3.63) is 5.92 Å². The van der Waals surface area contributed by atoms with Crippen molar-refractivity contribution < 1.29 is 0 Å². The van der Waals surface area contributed by atoms with Crippen LogP contribution in [-0.4, -0.2) is 0 Å². The highest BCUT2D eigenvalue weighted by molar-refractivity contribution is 4.93. The molecule has 0 N–H and O–H groups in total. The average molecular weight is 113 g/mol. The Bertz CT molecular complexity index is 60.4. The van der Waals surface area contributed by atoms with Crippen LogP contribution in [0.1, 0.15) is 41.0 Å². The van der Waals surface area contributed by atoms with Gasteiger partial charge >= 0.3 is 0 Å². The van der Waals surface area contributed by atoms with Crippen molar-refractivity contribution in [2.24, 2.45) is 5.41 Å². The van der Waals surface area contributed by atoms with Crippen LogP contribution in [0.4, 0.5) is 0 Å². The number of rotatable bonds is 2. The highest BCUT2D eigenvalue weighted by Gasteiger charge is 2.06. The van der Waals surface area contributed by atoms with E-state index in [0.29, 0.717) is 5.41 Å². The van der Waals surface area contributed by atoms with E-state index in [0.717, 1.165) is 0 Å². The van der Waals surface area contributed by atoms with Crippen LogP contribution < -0.4 is 0 Å². The minimum Gasteiger partial charge on any atom is -0.314 e. The zero-order valence-electron chi connectivity index (χ0n) is 6.71. The molecule has 0 aromatic heterocycles. The molecule has 0 heterocycles. The second kappa shape index (κ2) is 2.52. The summed E-state index contributed by atoms with van der Waals surface area (Å²) in [6, 6.07) is 0. The first-order valence-electron chi connectivity index (χ1n) is 3.31. The summed E-state index contributed by atoms with van der Waals surface area (Å²) in [6.07, 6.45) is 1.25. The Labute approximate surface area is 53.3 Å². The van der Waals surface area contributed by atoms with Crippen LogP contribution >= 0.6 is 0 Å². The van der Waals surface area contributed by atoms with E-state index in [1.54, 1.807) is 0 Å². The van der Waals surface area contributed by atoms with Gasteiger partial charge in [-0.15, -0.1) is 0 Å². The predicted octanol–water partition coefficient (Wildman–Crippen LogP) is 3.04. The second-order valence-electron chi connectivity index (χ2n) is 3.24. The van der Waals surface area contributed by atoms with Crippen LogP contribution in [0.5, 0.6) is 0 Å². The zero-order chi connectivity index (χ0) is 6.78. The van der Waals surface area contributed by atoms with Crippen molar-refractivity contribution in [1.82, 2.24) is 0 Å². The molecule has 0 fully saturated rings. The van der Waals surface area contributed by atoms with Gasteiger partial charge in [0.25, 0.3) is 0 Å². The molecule has 50 valence electrons. The summed E-state index contributed by atoms with van der Waals surface area (Å²) in [5.74, 6) is 1.53. The molecule has 8 heavy (non-hydrogen) atoms. The molecule has 0 saturated carbocycles. The molecular formula is C8H17-.